The summed E-state index contributed by atoms with van der Waals surface area (Å²) in [6.07, 6.45) is 0. The molecule has 0 unspecified atom stereocenters. The largest absolute Gasteiger partial charge is 0.206 e. The SMILES string of the molecule is Fc1cc(Br)ccc1-c1nnc2ccc(Cl)nn12. The van der Waals surface area contributed by atoms with E-state index in [9.17, 15) is 4.39 Å². The lowest BCUT2D eigenvalue weighted by Crippen LogP contribution is -1.96. The molecule has 0 aliphatic heterocycles. The predicted molar refractivity (Wildman–Crippen MR) is 68.9 cm³/mol. The van der Waals surface area contributed by atoms with Crippen molar-refractivity contribution in [3.63, 3.8) is 0 Å². The summed E-state index contributed by atoms with van der Waals surface area (Å²) in [7, 11) is 0. The first-order valence-corrected chi connectivity index (χ1v) is 6.15. The van der Waals surface area contributed by atoms with Crippen LogP contribution < -0.4 is 0 Å². The van der Waals surface area contributed by atoms with Crippen LogP contribution in [-0.4, -0.2) is 19.8 Å². The van der Waals surface area contributed by atoms with E-state index in [1.807, 2.05) is 0 Å². The summed E-state index contributed by atoms with van der Waals surface area (Å²) in [6.45, 7) is 0. The highest BCUT2D eigenvalue weighted by Gasteiger charge is 2.13. The van der Waals surface area contributed by atoms with Crippen LogP contribution in [0.25, 0.3) is 17.0 Å². The molecule has 0 saturated carbocycles. The molecule has 3 rings (SSSR count). The monoisotopic (exact) mass is 326 g/mol. The maximum absolute atomic E-state index is 13.9. The molecule has 4 nitrogen and oxygen atoms in total. The van der Waals surface area contributed by atoms with Gasteiger partial charge in [0, 0.05) is 4.47 Å². The molecule has 0 N–H and O–H groups in total. The van der Waals surface area contributed by atoms with E-state index in [2.05, 4.69) is 31.2 Å². The fraction of sp³-hybridized carbons (Fsp3) is 0. The molecule has 3 aromatic rings. The first-order valence-electron chi connectivity index (χ1n) is 4.98. The second kappa shape index (κ2) is 4.29. The average Bonchev–Trinajstić information content (AvgIpc) is 2.72. The standard InChI is InChI=1S/C11H5BrClFN4/c12-6-1-2-7(8(14)5-6)11-16-15-10-4-3-9(13)17-18(10)11/h1-5H. The molecule has 0 atom stereocenters. The Morgan fingerprint density at radius 2 is 2.00 bits per heavy atom. The van der Waals surface area contributed by atoms with Crippen LogP contribution in [0.2, 0.25) is 5.15 Å². The summed E-state index contributed by atoms with van der Waals surface area (Å²) in [4.78, 5) is 0. The summed E-state index contributed by atoms with van der Waals surface area (Å²) < 4.78 is 15.9. The Hall–Kier alpha value is -1.53. The Balaban J connectivity index is 2.28. The Kier molecular flexibility index (Phi) is 2.76. The third-order valence-electron chi connectivity index (χ3n) is 2.40. The van der Waals surface area contributed by atoms with Gasteiger partial charge in [0.1, 0.15) is 11.0 Å². The van der Waals surface area contributed by atoms with Crippen molar-refractivity contribution in [3.8, 4) is 11.4 Å². The highest BCUT2D eigenvalue weighted by molar-refractivity contribution is 9.10. The predicted octanol–water partition coefficient (Wildman–Crippen LogP) is 3.35. The molecule has 0 aliphatic rings. The van der Waals surface area contributed by atoms with Crippen molar-refractivity contribution >= 4 is 33.2 Å². The number of fused-ring (bicyclic) bond motifs is 1. The minimum absolute atomic E-state index is 0.293. The molecule has 0 fully saturated rings. The second-order valence-corrected chi connectivity index (χ2v) is 4.88. The Bertz CT molecular complexity index is 743. The molecule has 2 aromatic heterocycles. The normalized spacial score (nSPS) is 11.1. The smallest absolute Gasteiger partial charge is 0.188 e. The first kappa shape index (κ1) is 11.6. The zero-order valence-electron chi connectivity index (χ0n) is 8.81. The molecular weight excluding hydrogens is 323 g/mol. The summed E-state index contributed by atoms with van der Waals surface area (Å²) in [6, 6.07) is 7.97. The van der Waals surface area contributed by atoms with Gasteiger partial charge in [0.15, 0.2) is 11.5 Å². The molecular formula is C11H5BrClFN4. The topological polar surface area (TPSA) is 43.1 Å². The van der Waals surface area contributed by atoms with E-state index in [1.54, 1.807) is 24.3 Å². The van der Waals surface area contributed by atoms with Gasteiger partial charge in [-0.2, -0.15) is 9.61 Å². The van der Waals surface area contributed by atoms with E-state index >= 15 is 0 Å². The lowest BCUT2D eigenvalue weighted by atomic mass is 10.2. The highest BCUT2D eigenvalue weighted by atomic mass is 79.9. The van der Waals surface area contributed by atoms with Gasteiger partial charge in [-0.25, -0.2) is 4.39 Å². The molecule has 0 radical (unpaired) electrons. The van der Waals surface area contributed by atoms with Crippen molar-refractivity contribution in [1.82, 2.24) is 19.8 Å². The molecule has 2 heterocycles. The van der Waals surface area contributed by atoms with Gasteiger partial charge in [-0.05, 0) is 30.3 Å². The van der Waals surface area contributed by atoms with Crippen molar-refractivity contribution < 1.29 is 4.39 Å². The molecule has 90 valence electrons. The van der Waals surface area contributed by atoms with Crippen LogP contribution in [0.15, 0.2) is 34.8 Å². The third-order valence-corrected chi connectivity index (χ3v) is 3.10. The fourth-order valence-corrected chi connectivity index (χ4v) is 2.08. The summed E-state index contributed by atoms with van der Waals surface area (Å²) >= 11 is 9.01. The molecule has 18 heavy (non-hydrogen) atoms. The van der Waals surface area contributed by atoms with Gasteiger partial charge in [0.25, 0.3) is 0 Å². The molecule has 0 saturated heterocycles. The third kappa shape index (κ3) is 1.87. The van der Waals surface area contributed by atoms with E-state index in [0.29, 0.717) is 26.7 Å². The highest BCUT2D eigenvalue weighted by Crippen LogP contribution is 2.24. The van der Waals surface area contributed by atoms with Crippen molar-refractivity contribution in [1.29, 1.82) is 0 Å². The van der Waals surface area contributed by atoms with Crippen LogP contribution in [0.5, 0.6) is 0 Å². The van der Waals surface area contributed by atoms with E-state index in [4.69, 9.17) is 11.6 Å². The number of rotatable bonds is 1. The number of hydrogen-bond donors (Lipinski definition) is 0. The quantitative estimate of drug-likeness (QED) is 0.688. The van der Waals surface area contributed by atoms with Gasteiger partial charge in [0.05, 0.1) is 5.56 Å². The van der Waals surface area contributed by atoms with Gasteiger partial charge in [-0.15, -0.1) is 10.2 Å². The van der Waals surface area contributed by atoms with E-state index in [0.717, 1.165) is 0 Å². The van der Waals surface area contributed by atoms with Crippen molar-refractivity contribution in [2.24, 2.45) is 0 Å². The molecule has 0 aliphatic carbocycles. The molecule has 0 amide bonds. The lowest BCUT2D eigenvalue weighted by Gasteiger charge is -2.01. The number of benzene rings is 1. The summed E-state index contributed by atoms with van der Waals surface area (Å²) in [5, 5.41) is 12.2. The van der Waals surface area contributed by atoms with Gasteiger partial charge in [-0.1, -0.05) is 27.5 Å². The number of aromatic nitrogens is 4. The Morgan fingerprint density at radius 1 is 1.17 bits per heavy atom. The maximum Gasteiger partial charge on any atom is 0.188 e. The second-order valence-electron chi connectivity index (χ2n) is 3.57. The van der Waals surface area contributed by atoms with Gasteiger partial charge in [-0.3, -0.25) is 0 Å². The lowest BCUT2D eigenvalue weighted by molar-refractivity contribution is 0.628. The van der Waals surface area contributed by atoms with Crippen molar-refractivity contribution in [3.05, 3.63) is 45.8 Å². The summed E-state index contributed by atoms with van der Waals surface area (Å²) in [5.74, 6) is -0.0852. The van der Waals surface area contributed by atoms with Crippen LogP contribution >= 0.6 is 27.5 Å². The molecule has 7 heteroatoms. The van der Waals surface area contributed by atoms with Crippen LogP contribution in [0.1, 0.15) is 0 Å². The fourth-order valence-electron chi connectivity index (χ4n) is 1.61. The van der Waals surface area contributed by atoms with Crippen LogP contribution in [-0.2, 0) is 0 Å². The van der Waals surface area contributed by atoms with Crippen molar-refractivity contribution in [2.75, 3.05) is 0 Å². The number of nitrogens with zero attached hydrogens (tertiary/aromatic N) is 4. The first-order chi connectivity index (χ1) is 8.65. The van der Waals surface area contributed by atoms with Gasteiger partial charge < -0.3 is 0 Å². The summed E-state index contributed by atoms with van der Waals surface area (Å²) in [5.41, 5.74) is 0.831. The zero-order chi connectivity index (χ0) is 12.7. The van der Waals surface area contributed by atoms with Crippen LogP contribution in [0, 0.1) is 5.82 Å². The van der Waals surface area contributed by atoms with E-state index < -0.39 is 5.82 Å². The minimum atomic E-state index is -0.402. The molecule has 0 spiro atoms. The average molecular weight is 328 g/mol. The van der Waals surface area contributed by atoms with Crippen molar-refractivity contribution in [2.45, 2.75) is 0 Å². The molecule has 1 aromatic carbocycles. The number of halogens is 3. The minimum Gasteiger partial charge on any atom is -0.206 e. The molecule has 0 bridgehead atoms. The van der Waals surface area contributed by atoms with Gasteiger partial charge in [0.2, 0.25) is 0 Å². The van der Waals surface area contributed by atoms with Crippen LogP contribution in [0.4, 0.5) is 4.39 Å². The Labute approximate surface area is 115 Å². The number of hydrogen-bond acceptors (Lipinski definition) is 3. The zero-order valence-corrected chi connectivity index (χ0v) is 11.2. The maximum atomic E-state index is 13.9. The van der Waals surface area contributed by atoms with Crippen LogP contribution in [0.3, 0.4) is 0 Å². The van der Waals surface area contributed by atoms with Gasteiger partial charge >= 0.3 is 0 Å². The Morgan fingerprint density at radius 3 is 2.78 bits per heavy atom. The van der Waals surface area contributed by atoms with E-state index in [-0.39, 0.29) is 0 Å². The van der Waals surface area contributed by atoms with E-state index in [1.165, 1.54) is 10.6 Å².